The number of anilines is 1. The summed E-state index contributed by atoms with van der Waals surface area (Å²) in [5.41, 5.74) is 5.32. The van der Waals surface area contributed by atoms with E-state index < -0.39 is 17.8 Å². The molecule has 3 nitrogen and oxygen atoms in total. The molecule has 78 valence electrons. The Kier molecular flexibility index (Phi) is 2.66. The number of nitrogen functional groups attached to an aromatic ring is 1. The van der Waals surface area contributed by atoms with E-state index in [0.717, 1.165) is 0 Å². The Morgan fingerprint density at radius 1 is 1.50 bits per heavy atom. The van der Waals surface area contributed by atoms with E-state index in [2.05, 4.69) is 4.98 Å². The zero-order valence-electron chi connectivity index (χ0n) is 7.34. The molecule has 0 aromatic carbocycles. The van der Waals surface area contributed by atoms with Crippen LogP contribution in [-0.2, 0) is 0 Å². The number of halogens is 3. The highest BCUT2D eigenvalue weighted by atomic mass is 19.4. The largest absolute Gasteiger partial charge is 0.418 e. The van der Waals surface area contributed by atoms with Crippen molar-refractivity contribution < 1.29 is 18.3 Å². The van der Waals surface area contributed by atoms with Crippen LogP contribution in [-0.4, -0.2) is 16.3 Å². The Morgan fingerprint density at radius 2 is 2.07 bits per heavy atom. The zero-order chi connectivity index (χ0) is 10.9. The Labute approximate surface area is 78.4 Å². The number of hydrogen-bond donors (Lipinski definition) is 2. The molecule has 6 heteroatoms. The van der Waals surface area contributed by atoms with Crippen molar-refractivity contribution in [2.45, 2.75) is 19.2 Å². The van der Waals surface area contributed by atoms with Crippen molar-refractivity contribution in [2.24, 2.45) is 0 Å². The Morgan fingerprint density at radius 3 is 2.57 bits per heavy atom. The second kappa shape index (κ2) is 3.45. The standard InChI is InChI=1S/C8H9F3N2O/c1-4-2-5(7(12)13-3-4)6(14)8(9,10)11/h2-3,6,14H,1H3,(H2,12,13)/t6-/m1/s1. The van der Waals surface area contributed by atoms with Crippen LogP contribution in [0.5, 0.6) is 0 Å². The van der Waals surface area contributed by atoms with Crippen LogP contribution in [0.4, 0.5) is 19.0 Å². The molecule has 1 aromatic rings. The Bertz CT molecular complexity index is 338. The smallest absolute Gasteiger partial charge is 0.383 e. The molecule has 3 N–H and O–H groups in total. The van der Waals surface area contributed by atoms with Gasteiger partial charge in [0.2, 0.25) is 0 Å². The van der Waals surface area contributed by atoms with Crippen LogP contribution < -0.4 is 5.73 Å². The van der Waals surface area contributed by atoms with Crippen LogP contribution in [0, 0.1) is 6.92 Å². The van der Waals surface area contributed by atoms with Crippen LogP contribution in [0.15, 0.2) is 12.3 Å². The van der Waals surface area contributed by atoms with Gasteiger partial charge in [-0.25, -0.2) is 4.98 Å². The van der Waals surface area contributed by atoms with Gasteiger partial charge in [-0.3, -0.25) is 0 Å². The van der Waals surface area contributed by atoms with Crippen LogP contribution in [0.3, 0.4) is 0 Å². The third-order valence-electron chi connectivity index (χ3n) is 1.69. The maximum atomic E-state index is 12.1. The SMILES string of the molecule is Cc1cnc(N)c([C@@H](O)C(F)(F)F)c1. The number of aliphatic hydroxyl groups excluding tert-OH is 1. The average Bonchev–Trinajstić information content (AvgIpc) is 2.06. The minimum atomic E-state index is -4.72. The van der Waals surface area contributed by atoms with E-state index in [4.69, 9.17) is 10.8 Å². The maximum absolute atomic E-state index is 12.1. The molecule has 1 atom stereocenters. The van der Waals surface area contributed by atoms with E-state index in [9.17, 15) is 13.2 Å². The molecule has 1 rings (SSSR count). The van der Waals surface area contributed by atoms with Gasteiger partial charge in [-0.2, -0.15) is 13.2 Å². The van der Waals surface area contributed by atoms with E-state index in [-0.39, 0.29) is 5.82 Å². The highest BCUT2D eigenvalue weighted by Gasteiger charge is 2.40. The first-order valence-corrected chi connectivity index (χ1v) is 3.79. The summed E-state index contributed by atoms with van der Waals surface area (Å²) in [4.78, 5) is 3.53. The normalized spacial score (nSPS) is 14.1. The summed E-state index contributed by atoms with van der Waals surface area (Å²) in [5.74, 6) is -0.305. The van der Waals surface area contributed by atoms with E-state index in [0.29, 0.717) is 5.56 Å². The fourth-order valence-corrected chi connectivity index (χ4v) is 0.998. The second-order valence-corrected chi connectivity index (χ2v) is 2.93. The van der Waals surface area contributed by atoms with Gasteiger partial charge in [-0.15, -0.1) is 0 Å². The predicted molar refractivity (Wildman–Crippen MR) is 44.4 cm³/mol. The van der Waals surface area contributed by atoms with Gasteiger partial charge in [0.05, 0.1) is 0 Å². The monoisotopic (exact) mass is 206 g/mol. The summed E-state index contributed by atoms with van der Waals surface area (Å²) in [6, 6.07) is 1.17. The van der Waals surface area contributed by atoms with Crippen molar-refractivity contribution in [1.82, 2.24) is 4.98 Å². The van der Waals surface area contributed by atoms with Crippen molar-refractivity contribution in [3.63, 3.8) is 0 Å². The fourth-order valence-electron chi connectivity index (χ4n) is 0.998. The number of aromatic nitrogens is 1. The van der Waals surface area contributed by atoms with Crippen molar-refractivity contribution in [3.8, 4) is 0 Å². The molecule has 0 saturated carbocycles. The average molecular weight is 206 g/mol. The van der Waals surface area contributed by atoms with Crippen LogP contribution in [0.1, 0.15) is 17.2 Å². The molecule has 0 unspecified atom stereocenters. The quantitative estimate of drug-likeness (QED) is 0.733. The first kappa shape index (κ1) is 10.8. The number of rotatable bonds is 1. The highest BCUT2D eigenvalue weighted by molar-refractivity contribution is 5.42. The van der Waals surface area contributed by atoms with Crippen LogP contribution in [0.25, 0.3) is 0 Å². The van der Waals surface area contributed by atoms with Gasteiger partial charge < -0.3 is 10.8 Å². The Balaban J connectivity index is 3.12. The van der Waals surface area contributed by atoms with E-state index in [1.165, 1.54) is 12.3 Å². The molecular weight excluding hydrogens is 197 g/mol. The number of aliphatic hydroxyl groups is 1. The van der Waals surface area contributed by atoms with E-state index >= 15 is 0 Å². The summed E-state index contributed by atoms with van der Waals surface area (Å²) in [5, 5.41) is 8.92. The van der Waals surface area contributed by atoms with Crippen molar-refractivity contribution in [3.05, 3.63) is 23.4 Å². The molecule has 0 aliphatic heterocycles. The first-order valence-electron chi connectivity index (χ1n) is 3.79. The summed E-state index contributed by atoms with van der Waals surface area (Å²) in [6.07, 6.45) is -5.96. The molecule has 0 saturated heterocycles. The maximum Gasteiger partial charge on any atom is 0.418 e. The molecule has 0 aliphatic rings. The molecule has 0 spiro atoms. The molecule has 0 amide bonds. The molecule has 0 radical (unpaired) electrons. The minimum absolute atomic E-state index is 0.305. The lowest BCUT2D eigenvalue weighted by atomic mass is 10.1. The number of hydrogen-bond acceptors (Lipinski definition) is 3. The number of nitrogens with two attached hydrogens (primary N) is 1. The van der Waals surface area contributed by atoms with Gasteiger partial charge in [0, 0.05) is 11.8 Å². The molecule has 1 aromatic heterocycles. The van der Waals surface area contributed by atoms with Gasteiger partial charge in [0.25, 0.3) is 0 Å². The molecule has 0 fully saturated rings. The summed E-state index contributed by atoms with van der Waals surface area (Å²) in [7, 11) is 0. The molecular formula is C8H9F3N2O. The first-order chi connectivity index (χ1) is 6.32. The lowest BCUT2D eigenvalue weighted by Gasteiger charge is -2.16. The third kappa shape index (κ3) is 2.14. The number of aryl methyl sites for hydroxylation is 1. The van der Waals surface area contributed by atoms with Crippen LogP contribution >= 0.6 is 0 Å². The van der Waals surface area contributed by atoms with Gasteiger partial charge in [0.1, 0.15) is 5.82 Å². The number of nitrogens with zero attached hydrogens (tertiary/aromatic N) is 1. The molecule has 1 heterocycles. The number of alkyl halides is 3. The van der Waals surface area contributed by atoms with E-state index in [1.54, 1.807) is 6.92 Å². The molecule has 0 bridgehead atoms. The predicted octanol–water partition coefficient (Wildman–Crippen LogP) is 1.57. The second-order valence-electron chi connectivity index (χ2n) is 2.93. The van der Waals surface area contributed by atoms with Crippen LogP contribution in [0.2, 0.25) is 0 Å². The minimum Gasteiger partial charge on any atom is -0.383 e. The molecule has 14 heavy (non-hydrogen) atoms. The third-order valence-corrected chi connectivity index (χ3v) is 1.69. The summed E-state index contributed by atoms with van der Waals surface area (Å²) in [6.45, 7) is 1.57. The highest BCUT2D eigenvalue weighted by Crippen LogP contribution is 2.34. The molecule has 0 aliphatic carbocycles. The van der Waals surface area contributed by atoms with Crippen molar-refractivity contribution in [1.29, 1.82) is 0 Å². The van der Waals surface area contributed by atoms with Crippen molar-refractivity contribution >= 4 is 5.82 Å². The Hall–Kier alpha value is -1.30. The van der Waals surface area contributed by atoms with Gasteiger partial charge in [0.15, 0.2) is 6.10 Å². The lowest BCUT2D eigenvalue weighted by molar-refractivity contribution is -0.206. The van der Waals surface area contributed by atoms with Gasteiger partial charge in [-0.1, -0.05) is 0 Å². The summed E-state index contributed by atoms with van der Waals surface area (Å²) < 4.78 is 36.3. The zero-order valence-corrected chi connectivity index (χ0v) is 7.34. The van der Waals surface area contributed by atoms with Crippen molar-refractivity contribution in [2.75, 3.05) is 5.73 Å². The summed E-state index contributed by atoms with van der Waals surface area (Å²) >= 11 is 0. The lowest BCUT2D eigenvalue weighted by Crippen LogP contribution is -2.21. The van der Waals surface area contributed by atoms with Gasteiger partial charge >= 0.3 is 6.18 Å². The van der Waals surface area contributed by atoms with Gasteiger partial charge in [-0.05, 0) is 18.6 Å². The fraction of sp³-hybridized carbons (Fsp3) is 0.375. The topological polar surface area (TPSA) is 59.1 Å². The number of pyridine rings is 1. The van der Waals surface area contributed by atoms with E-state index in [1.807, 2.05) is 0 Å².